The molecule has 1 aromatic rings. The first-order valence-electron chi connectivity index (χ1n) is 6.91. The standard InChI is InChI=1S/C15H26N2OS/c1-11-12(6-13(7-16)19-11)8-17-9-14(2,3)18-15(4,5)10-17/h6H,7-10,16H2,1-5H3. The third-order valence-electron chi connectivity index (χ3n) is 3.43. The van der Waals surface area contributed by atoms with Crippen molar-refractivity contribution >= 4 is 11.3 Å². The van der Waals surface area contributed by atoms with E-state index < -0.39 is 0 Å². The lowest BCUT2D eigenvalue weighted by Gasteiger charge is -2.47. The summed E-state index contributed by atoms with van der Waals surface area (Å²) in [6.07, 6.45) is 0. The molecule has 0 unspecified atom stereocenters. The zero-order chi connectivity index (χ0) is 14.3. The maximum Gasteiger partial charge on any atom is 0.0760 e. The van der Waals surface area contributed by atoms with E-state index in [2.05, 4.69) is 45.6 Å². The number of hydrogen-bond donors (Lipinski definition) is 1. The van der Waals surface area contributed by atoms with Gasteiger partial charge in [0.15, 0.2) is 0 Å². The largest absolute Gasteiger partial charge is 0.367 e. The highest BCUT2D eigenvalue weighted by Crippen LogP contribution is 2.30. The number of morpholine rings is 1. The summed E-state index contributed by atoms with van der Waals surface area (Å²) in [6, 6.07) is 2.26. The Morgan fingerprint density at radius 3 is 2.32 bits per heavy atom. The Morgan fingerprint density at radius 1 is 1.26 bits per heavy atom. The van der Waals surface area contributed by atoms with Crippen molar-refractivity contribution in [1.29, 1.82) is 0 Å². The van der Waals surface area contributed by atoms with Gasteiger partial charge in [-0.25, -0.2) is 0 Å². The van der Waals surface area contributed by atoms with Gasteiger partial charge >= 0.3 is 0 Å². The van der Waals surface area contributed by atoms with Crippen LogP contribution in [0, 0.1) is 6.92 Å². The van der Waals surface area contributed by atoms with Crippen molar-refractivity contribution in [3.63, 3.8) is 0 Å². The number of thiophene rings is 1. The fraction of sp³-hybridized carbons (Fsp3) is 0.733. The second kappa shape index (κ2) is 5.17. The highest BCUT2D eigenvalue weighted by Gasteiger charge is 2.38. The first-order valence-corrected chi connectivity index (χ1v) is 7.73. The number of aryl methyl sites for hydroxylation is 1. The molecule has 4 heteroatoms. The topological polar surface area (TPSA) is 38.5 Å². The number of nitrogens with zero attached hydrogens (tertiary/aromatic N) is 1. The van der Waals surface area contributed by atoms with Crippen molar-refractivity contribution < 1.29 is 4.74 Å². The number of nitrogens with two attached hydrogens (primary N) is 1. The van der Waals surface area contributed by atoms with Gasteiger partial charge in [0.1, 0.15) is 0 Å². The van der Waals surface area contributed by atoms with Crippen LogP contribution in [0.5, 0.6) is 0 Å². The maximum atomic E-state index is 6.13. The summed E-state index contributed by atoms with van der Waals surface area (Å²) in [5.74, 6) is 0. The lowest BCUT2D eigenvalue weighted by atomic mass is 9.98. The molecule has 108 valence electrons. The van der Waals surface area contributed by atoms with Crippen LogP contribution in [0.25, 0.3) is 0 Å². The van der Waals surface area contributed by atoms with E-state index in [1.165, 1.54) is 15.3 Å². The molecule has 0 amide bonds. The third kappa shape index (κ3) is 3.78. The predicted molar refractivity (Wildman–Crippen MR) is 81.5 cm³/mol. The molecule has 1 aliphatic rings. The molecular formula is C15H26N2OS. The van der Waals surface area contributed by atoms with Crippen LogP contribution in [0.3, 0.4) is 0 Å². The summed E-state index contributed by atoms with van der Waals surface area (Å²) in [7, 11) is 0. The Hall–Kier alpha value is -0.420. The molecule has 0 radical (unpaired) electrons. The Kier molecular flexibility index (Phi) is 4.07. The third-order valence-corrected chi connectivity index (χ3v) is 4.54. The van der Waals surface area contributed by atoms with Gasteiger partial charge in [0.2, 0.25) is 0 Å². The van der Waals surface area contributed by atoms with Gasteiger partial charge in [-0.1, -0.05) is 0 Å². The summed E-state index contributed by atoms with van der Waals surface area (Å²) < 4.78 is 6.13. The smallest absolute Gasteiger partial charge is 0.0760 e. The Morgan fingerprint density at radius 2 is 1.84 bits per heavy atom. The Labute approximate surface area is 120 Å². The molecule has 0 saturated carbocycles. The van der Waals surface area contributed by atoms with E-state index in [4.69, 9.17) is 10.5 Å². The van der Waals surface area contributed by atoms with Gasteiger partial charge in [-0.05, 0) is 46.2 Å². The first-order chi connectivity index (χ1) is 8.71. The average molecular weight is 282 g/mol. The zero-order valence-electron chi connectivity index (χ0n) is 12.7. The molecule has 0 spiro atoms. The van der Waals surface area contributed by atoms with Gasteiger partial charge < -0.3 is 10.5 Å². The minimum atomic E-state index is -0.0810. The van der Waals surface area contributed by atoms with Crippen LogP contribution < -0.4 is 5.73 Å². The molecule has 2 N–H and O–H groups in total. The lowest BCUT2D eigenvalue weighted by Crippen LogP contribution is -2.56. The van der Waals surface area contributed by atoms with Gasteiger partial charge in [0, 0.05) is 35.9 Å². The molecule has 1 fully saturated rings. The second-order valence-electron chi connectivity index (χ2n) is 6.76. The van der Waals surface area contributed by atoms with E-state index >= 15 is 0 Å². The van der Waals surface area contributed by atoms with E-state index in [1.807, 2.05) is 11.3 Å². The highest BCUT2D eigenvalue weighted by molar-refractivity contribution is 7.12. The molecule has 1 aromatic heterocycles. The second-order valence-corrected chi connectivity index (χ2v) is 8.11. The molecule has 0 aromatic carbocycles. The molecule has 1 aliphatic heterocycles. The van der Waals surface area contributed by atoms with Gasteiger partial charge in [-0.15, -0.1) is 11.3 Å². The highest BCUT2D eigenvalue weighted by atomic mass is 32.1. The predicted octanol–water partition coefficient (Wildman–Crippen LogP) is 2.90. The Balaban J connectivity index is 2.11. The van der Waals surface area contributed by atoms with Crippen molar-refractivity contribution in [3.8, 4) is 0 Å². The first kappa shape index (κ1) is 15.0. The van der Waals surface area contributed by atoms with Gasteiger partial charge in [0.25, 0.3) is 0 Å². The van der Waals surface area contributed by atoms with Crippen molar-refractivity contribution in [2.45, 2.75) is 58.9 Å². The molecule has 0 atom stereocenters. The van der Waals surface area contributed by atoms with E-state index in [0.717, 1.165) is 19.6 Å². The van der Waals surface area contributed by atoms with Crippen LogP contribution in [0.2, 0.25) is 0 Å². The average Bonchev–Trinajstić information content (AvgIpc) is 2.55. The maximum absolute atomic E-state index is 6.13. The summed E-state index contributed by atoms with van der Waals surface area (Å²) in [5, 5.41) is 0. The number of rotatable bonds is 3. The SMILES string of the molecule is Cc1sc(CN)cc1CN1CC(C)(C)OC(C)(C)C1. The van der Waals surface area contributed by atoms with E-state index in [0.29, 0.717) is 6.54 Å². The van der Waals surface area contributed by atoms with Crippen molar-refractivity contribution in [2.24, 2.45) is 5.73 Å². The van der Waals surface area contributed by atoms with Crippen LogP contribution in [0.15, 0.2) is 6.07 Å². The molecule has 3 nitrogen and oxygen atoms in total. The summed E-state index contributed by atoms with van der Waals surface area (Å²) in [6.45, 7) is 14.5. The zero-order valence-corrected chi connectivity index (χ0v) is 13.6. The van der Waals surface area contributed by atoms with Crippen LogP contribution >= 0.6 is 11.3 Å². The van der Waals surface area contributed by atoms with E-state index in [9.17, 15) is 0 Å². The number of ether oxygens (including phenoxy) is 1. The van der Waals surface area contributed by atoms with E-state index in [1.54, 1.807) is 0 Å². The molecule has 1 saturated heterocycles. The quantitative estimate of drug-likeness (QED) is 0.926. The van der Waals surface area contributed by atoms with Gasteiger partial charge in [-0.3, -0.25) is 4.90 Å². The van der Waals surface area contributed by atoms with Crippen molar-refractivity contribution in [2.75, 3.05) is 13.1 Å². The minimum Gasteiger partial charge on any atom is -0.367 e. The molecule has 19 heavy (non-hydrogen) atoms. The van der Waals surface area contributed by atoms with Crippen molar-refractivity contribution in [3.05, 3.63) is 21.4 Å². The normalized spacial score (nSPS) is 22.6. The summed E-state index contributed by atoms with van der Waals surface area (Å²) in [5.41, 5.74) is 6.98. The molecule has 0 aliphatic carbocycles. The van der Waals surface area contributed by atoms with E-state index in [-0.39, 0.29) is 11.2 Å². The minimum absolute atomic E-state index is 0.0810. The van der Waals surface area contributed by atoms with Crippen LogP contribution in [-0.2, 0) is 17.8 Å². The Bertz CT molecular complexity index is 435. The lowest BCUT2D eigenvalue weighted by molar-refractivity contribution is -0.182. The van der Waals surface area contributed by atoms with Gasteiger partial charge in [0.05, 0.1) is 11.2 Å². The van der Waals surface area contributed by atoms with Gasteiger partial charge in [-0.2, -0.15) is 0 Å². The fourth-order valence-corrected chi connectivity index (χ4v) is 4.08. The van der Waals surface area contributed by atoms with Crippen LogP contribution in [0.1, 0.15) is 43.0 Å². The molecule has 2 heterocycles. The fourth-order valence-electron chi connectivity index (χ4n) is 3.14. The molecule has 2 rings (SSSR count). The summed E-state index contributed by atoms with van der Waals surface area (Å²) in [4.78, 5) is 5.17. The van der Waals surface area contributed by atoms with Crippen LogP contribution in [-0.4, -0.2) is 29.2 Å². The summed E-state index contributed by atoms with van der Waals surface area (Å²) >= 11 is 1.82. The van der Waals surface area contributed by atoms with Crippen LogP contribution in [0.4, 0.5) is 0 Å². The monoisotopic (exact) mass is 282 g/mol. The molecule has 0 bridgehead atoms. The number of hydrogen-bond acceptors (Lipinski definition) is 4. The molecular weight excluding hydrogens is 256 g/mol. The van der Waals surface area contributed by atoms with Crippen molar-refractivity contribution in [1.82, 2.24) is 4.90 Å².